The van der Waals surface area contributed by atoms with E-state index in [0.29, 0.717) is 17.2 Å². The smallest absolute Gasteiger partial charge is 0.349 e. The Kier molecular flexibility index (Phi) is 2.83. The number of benzene rings is 1. The first-order valence-corrected chi connectivity index (χ1v) is 6.37. The van der Waals surface area contributed by atoms with Gasteiger partial charge in [-0.25, -0.2) is 4.79 Å². The van der Waals surface area contributed by atoms with Crippen LogP contribution >= 0.6 is 12.2 Å². The van der Waals surface area contributed by atoms with Crippen molar-refractivity contribution in [3.63, 3.8) is 0 Å². The van der Waals surface area contributed by atoms with Crippen molar-refractivity contribution in [3.05, 3.63) is 28.7 Å². The lowest BCUT2D eigenvalue weighted by atomic mass is 10.2. The van der Waals surface area contributed by atoms with Crippen LogP contribution in [0.5, 0.6) is 0 Å². The first-order valence-electron chi connectivity index (χ1n) is 5.96. The second kappa shape index (κ2) is 4.51. The average Bonchev–Trinajstić information content (AvgIpc) is 2.89. The van der Waals surface area contributed by atoms with Crippen molar-refractivity contribution in [2.24, 2.45) is 0 Å². The summed E-state index contributed by atoms with van der Waals surface area (Å²) >= 11 is 5.07. The molecule has 0 fully saturated rings. The molecule has 0 unspecified atom stereocenters. The van der Waals surface area contributed by atoms with Crippen molar-refractivity contribution in [2.75, 3.05) is 24.2 Å². The average molecular weight is 275 g/mol. The Labute approximate surface area is 114 Å². The third-order valence-corrected chi connectivity index (χ3v) is 3.39. The van der Waals surface area contributed by atoms with Crippen molar-refractivity contribution in [3.8, 4) is 0 Å². The molecule has 0 saturated carbocycles. The molecule has 3 rings (SSSR count). The molecule has 0 saturated heterocycles. The molecule has 1 aliphatic rings. The van der Waals surface area contributed by atoms with Crippen molar-refractivity contribution in [1.82, 2.24) is 14.9 Å². The first kappa shape index (κ1) is 11.9. The fourth-order valence-electron chi connectivity index (χ4n) is 2.18. The predicted molar refractivity (Wildman–Crippen MR) is 79.8 cm³/mol. The van der Waals surface area contributed by atoms with Gasteiger partial charge in [0.25, 0.3) is 0 Å². The van der Waals surface area contributed by atoms with Crippen LogP contribution in [0, 0.1) is 0 Å². The van der Waals surface area contributed by atoms with E-state index in [1.54, 1.807) is 11.6 Å². The number of hydrogen-bond acceptors (Lipinski definition) is 4. The molecule has 0 amide bonds. The van der Waals surface area contributed by atoms with Gasteiger partial charge in [-0.15, -0.1) is 0 Å². The molecule has 0 spiro atoms. The van der Waals surface area contributed by atoms with Crippen LogP contribution in [0.15, 0.2) is 23.0 Å². The Morgan fingerprint density at radius 2 is 2.37 bits per heavy atom. The maximum Gasteiger partial charge on any atom is 0.349 e. The van der Waals surface area contributed by atoms with E-state index < -0.39 is 0 Å². The molecule has 2 aromatic rings. The predicted octanol–water partition coefficient (Wildman–Crippen LogP) is 0.738. The lowest BCUT2D eigenvalue weighted by Crippen LogP contribution is -2.24. The molecule has 1 aliphatic heterocycles. The number of thiocarbonyl (C=S) groups is 1. The molecule has 0 atom stereocenters. The summed E-state index contributed by atoms with van der Waals surface area (Å²) in [6.07, 6.45) is 0. The van der Waals surface area contributed by atoms with Gasteiger partial charge in [0, 0.05) is 31.2 Å². The van der Waals surface area contributed by atoms with Gasteiger partial charge in [0.15, 0.2) is 5.11 Å². The molecule has 19 heavy (non-hydrogen) atoms. The Bertz CT molecular complexity index is 724. The zero-order valence-electron chi connectivity index (χ0n) is 10.4. The van der Waals surface area contributed by atoms with Crippen LogP contribution < -0.4 is 21.6 Å². The van der Waals surface area contributed by atoms with E-state index in [1.165, 1.54) is 0 Å². The van der Waals surface area contributed by atoms with E-state index in [2.05, 4.69) is 20.9 Å². The minimum absolute atomic E-state index is 0.209. The van der Waals surface area contributed by atoms with Gasteiger partial charge in [0.05, 0.1) is 5.52 Å². The van der Waals surface area contributed by atoms with E-state index in [0.717, 1.165) is 23.4 Å². The van der Waals surface area contributed by atoms with E-state index in [9.17, 15) is 4.79 Å². The number of hydrogen-bond donors (Lipinski definition) is 3. The Balaban J connectivity index is 2.15. The maximum absolute atomic E-state index is 11.8. The van der Waals surface area contributed by atoms with Gasteiger partial charge in [-0.1, -0.05) is 0 Å². The van der Waals surface area contributed by atoms with Gasteiger partial charge in [0.2, 0.25) is 0 Å². The highest BCUT2D eigenvalue weighted by molar-refractivity contribution is 7.80. The van der Waals surface area contributed by atoms with Crippen LogP contribution in [-0.4, -0.2) is 28.3 Å². The molecular weight excluding hydrogens is 262 g/mol. The van der Waals surface area contributed by atoms with E-state index in [4.69, 9.17) is 12.2 Å². The van der Waals surface area contributed by atoms with Crippen LogP contribution in [-0.2, 0) is 6.54 Å². The lowest BCUT2D eigenvalue weighted by Gasteiger charge is -2.10. The van der Waals surface area contributed by atoms with Gasteiger partial charge < -0.3 is 16.0 Å². The van der Waals surface area contributed by atoms with Crippen LogP contribution in [0.25, 0.3) is 10.9 Å². The Morgan fingerprint density at radius 3 is 3.16 bits per heavy atom. The number of aromatic nitrogens is 2. The first-order chi connectivity index (χ1) is 9.19. The molecule has 7 heteroatoms. The normalized spacial score (nSPS) is 12.9. The molecule has 3 N–H and O–H groups in total. The molecule has 0 radical (unpaired) electrons. The number of fused-ring (bicyclic) bond motifs is 3. The highest BCUT2D eigenvalue weighted by atomic mass is 32.1. The van der Waals surface area contributed by atoms with Crippen LogP contribution in [0.4, 0.5) is 11.5 Å². The minimum atomic E-state index is -0.209. The van der Waals surface area contributed by atoms with Gasteiger partial charge in [0.1, 0.15) is 5.82 Å². The summed E-state index contributed by atoms with van der Waals surface area (Å²) in [4.78, 5) is 15.9. The highest BCUT2D eigenvalue weighted by Crippen LogP contribution is 2.25. The molecule has 1 aromatic heterocycles. The third-order valence-electron chi connectivity index (χ3n) is 3.08. The van der Waals surface area contributed by atoms with Crippen molar-refractivity contribution >= 4 is 39.7 Å². The molecule has 6 nitrogen and oxygen atoms in total. The van der Waals surface area contributed by atoms with Gasteiger partial charge >= 0.3 is 5.69 Å². The van der Waals surface area contributed by atoms with Crippen LogP contribution in [0.3, 0.4) is 0 Å². The summed E-state index contributed by atoms with van der Waals surface area (Å²) in [6.45, 7) is 1.41. The standard InChI is InChI=1S/C12H13N5OS/c1-13-11(19)15-7-2-3-9-8(6-7)10-14-4-5-17(10)12(18)16-9/h2-3,6,14H,4-5H2,1H3,(H2,13,15,19). The number of nitrogens with zero attached hydrogens (tertiary/aromatic N) is 2. The number of nitrogens with one attached hydrogen (secondary N) is 3. The van der Waals surface area contributed by atoms with E-state index >= 15 is 0 Å². The monoisotopic (exact) mass is 275 g/mol. The SMILES string of the molecule is CNC(=S)Nc1ccc2nc(=O)n3c(c2c1)NCC3. The van der Waals surface area contributed by atoms with Crippen LogP contribution in [0.2, 0.25) is 0 Å². The molecule has 2 heterocycles. The summed E-state index contributed by atoms with van der Waals surface area (Å²) in [5.74, 6) is 0.828. The van der Waals surface area contributed by atoms with Gasteiger partial charge in [-0.3, -0.25) is 4.57 Å². The molecule has 0 bridgehead atoms. The van der Waals surface area contributed by atoms with Gasteiger partial charge in [-0.05, 0) is 30.4 Å². The topological polar surface area (TPSA) is 71.0 Å². The van der Waals surface area contributed by atoms with Gasteiger partial charge in [-0.2, -0.15) is 4.98 Å². The fraction of sp³-hybridized carbons (Fsp3) is 0.250. The summed E-state index contributed by atoms with van der Waals surface area (Å²) in [5.41, 5.74) is 1.34. The quantitative estimate of drug-likeness (QED) is 0.667. The molecule has 98 valence electrons. The summed E-state index contributed by atoms with van der Waals surface area (Å²) in [7, 11) is 1.76. The fourth-order valence-corrected chi connectivity index (χ4v) is 2.30. The summed E-state index contributed by atoms with van der Waals surface area (Å²) in [6, 6.07) is 5.61. The molecular formula is C12H13N5OS. The Hall–Kier alpha value is -2.15. The molecule has 0 aliphatic carbocycles. The maximum atomic E-state index is 11.8. The minimum Gasteiger partial charge on any atom is -0.369 e. The van der Waals surface area contributed by atoms with E-state index in [-0.39, 0.29) is 5.69 Å². The highest BCUT2D eigenvalue weighted by Gasteiger charge is 2.16. The third kappa shape index (κ3) is 2.01. The second-order valence-corrected chi connectivity index (χ2v) is 4.67. The number of anilines is 2. The zero-order valence-corrected chi connectivity index (χ0v) is 11.2. The summed E-state index contributed by atoms with van der Waals surface area (Å²) < 4.78 is 1.66. The van der Waals surface area contributed by atoms with Crippen LogP contribution in [0.1, 0.15) is 0 Å². The van der Waals surface area contributed by atoms with Crippen molar-refractivity contribution < 1.29 is 0 Å². The van der Waals surface area contributed by atoms with E-state index in [1.807, 2.05) is 18.2 Å². The Morgan fingerprint density at radius 1 is 1.53 bits per heavy atom. The molecule has 1 aromatic carbocycles. The van der Waals surface area contributed by atoms with Crippen molar-refractivity contribution in [1.29, 1.82) is 0 Å². The second-order valence-electron chi connectivity index (χ2n) is 4.26. The zero-order chi connectivity index (χ0) is 13.4. The number of rotatable bonds is 1. The largest absolute Gasteiger partial charge is 0.369 e. The summed E-state index contributed by atoms with van der Waals surface area (Å²) in [5, 5.41) is 10.6. The lowest BCUT2D eigenvalue weighted by molar-refractivity contribution is 0.750. The van der Waals surface area contributed by atoms with Crippen molar-refractivity contribution in [2.45, 2.75) is 6.54 Å².